The molecule has 32 heavy (non-hydrogen) atoms. The summed E-state index contributed by atoms with van der Waals surface area (Å²) in [6.45, 7) is 4.76. The predicted octanol–water partition coefficient (Wildman–Crippen LogP) is 3.90. The number of rotatable bonds is 5. The molecular formula is C24H26N6O2. The van der Waals surface area contributed by atoms with Gasteiger partial charge in [0, 0.05) is 49.6 Å². The first kappa shape index (κ1) is 21.4. The van der Waals surface area contributed by atoms with Crippen LogP contribution in [-0.4, -0.2) is 44.8 Å². The van der Waals surface area contributed by atoms with E-state index in [1.165, 1.54) is 6.92 Å². The lowest BCUT2D eigenvalue weighted by Gasteiger charge is -2.32. The molecule has 164 valence electrons. The number of amides is 2. The van der Waals surface area contributed by atoms with E-state index in [-0.39, 0.29) is 17.7 Å². The van der Waals surface area contributed by atoms with Crippen LogP contribution in [0.15, 0.2) is 54.9 Å². The van der Waals surface area contributed by atoms with E-state index in [0.29, 0.717) is 36.1 Å². The highest BCUT2D eigenvalue weighted by atomic mass is 16.2. The Bertz CT molecular complexity index is 1100. The standard InChI is InChI=1S/C24H26N6O2/c1-16-5-10-22(26-14-16)29-24-25-12-11-21(28-24)19-4-3-13-30(15-19)23(32)18-6-8-20(9-7-18)27-17(2)31/h5-12,14,19H,3-4,13,15H2,1-2H3,(H,27,31)(H,25,26,28,29)/t19-/m0/s1. The van der Waals surface area contributed by atoms with Gasteiger partial charge in [0.2, 0.25) is 11.9 Å². The average molecular weight is 431 g/mol. The molecule has 3 aromatic rings. The molecule has 2 N–H and O–H groups in total. The third-order valence-corrected chi connectivity index (χ3v) is 5.41. The molecule has 0 unspecified atom stereocenters. The second kappa shape index (κ2) is 9.55. The fourth-order valence-corrected chi connectivity index (χ4v) is 3.80. The molecule has 1 aromatic carbocycles. The van der Waals surface area contributed by atoms with Crippen molar-refractivity contribution in [2.24, 2.45) is 0 Å². The second-order valence-corrected chi connectivity index (χ2v) is 8.00. The molecule has 8 heteroatoms. The fraction of sp³-hybridized carbons (Fsp3) is 0.292. The Hall–Kier alpha value is -3.81. The van der Waals surface area contributed by atoms with Gasteiger partial charge in [-0.3, -0.25) is 9.59 Å². The van der Waals surface area contributed by atoms with Crippen LogP contribution in [0.5, 0.6) is 0 Å². The van der Waals surface area contributed by atoms with Crippen LogP contribution in [0.25, 0.3) is 0 Å². The van der Waals surface area contributed by atoms with Gasteiger partial charge in [0.25, 0.3) is 5.91 Å². The summed E-state index contributed by atoms with van der Waals surface area (Å²) < 4.78 is 0. The van der Waals surface area contributed by atoms with Gasteiger partial charge >= 0.3 is 0 Å². The topological polar surface area (TPSA) is 100 Å². The number of aryl methyl sites for hydroxylation is 1. The Balaban J connectivity index is 1.44. The molecule has 8 nitrogen and oxygen atoms in total. The largest absolute Gasteiger partial charge is 0.338 e. The maximum Gasteiger partial charge on any atom is 0.253 e. The molecule has 0 spiro atoms. The van der Waals surface area contributed by atoms with Crippen molar-refractivity contribution in [2.45, 2.75) is 32.6 Å². The molecule has 0 radical (unpaired) electrons. The van der Waals surface area contributed by atoms with E-state index in [0.717, 1.165) is 24.1 Å². The Kier molecular flexibility index (Phi) is 6.39. The molecule has 1 aliphatic heterocycles. The van der Waals surface area contributed by atoms with Gasteiger partial charge in [-0.15, -0.1) is 0 Å². The number of nitrogens with one attached hydrogen (secondary N) is 2. The van der Waals surface area contributed by atoms with Gasteiger partial charge in [-0.1, -0.05) is 6.07 Å². The van der Waals surface area contributed by atoms with E-state index in [9.17, 15) is 9.59 Å². The fourth-order valence-electron chi connectivity index (χ4n) is 3.80. The lowest BCUT2D eigenvalue weighted by molar-refractivity contribution is -0.114. The van der Waals surface area contributed by atoms with Crippen molar-refractivity contribution in [1.29, 1.82) is 0 Å². The number of carbonyl (C=O) groups excluding carboxylic acids is 2. The van der Waals surface area contributed by atoms with Gasteiger partial charge in [-0.05, 0) is 61.7 Å². The van der Waals surface area contributed by atoms with Crippen LogP contribution in [-0.2, 0) is 4.79 Å². The third-order valence-electron chi connectivity index (χ3n) is 5.41. The highest BCUT2D eigenvalue weighted by Crippen LogP contribution is 2.27. The zero-order valence-corrected chi connectivity index (χ0v) is 18.2. The van der Waals surface area contributed by atoms with Crippen LogP contribution in [0.3, 0.4) is 0 Å². The number of nitrogens with zero attached hydrogens (tertiary/aromatic N) is 4. The summed E-state index contributed by atoms with van der Waals surface area (Å²) in [7, 11) is 0. The molecule has 0 saturated carbocycles. The molecule has 1 aliphatic rings. The summed E-state index contributed by atoms with van der Waals surface area (Å²) in [6, 6.07) is 12.8. The van der Waals surface area contributed by atoms with Crippen molar-refractivity contribution >= 4 is 29.3 Å². The minimum atomic E-state index is -0.139. The lowest BCUT2D eigenvalue weighted by Crippen LogP contribution is -2.39. The normalized spacial score (nSPS) is 15.8. The summed E-state index contributed by atoms with van der Waals surface area (Å²) in [4.78, 5) is 39.4. The SMILES string of the molecule is CC(=O)Nc1ccc(C(=O)N2CCC[C@H](c3ccnc(Nc4ccc(C)cn4)n3)C2)cc1. The molecule has 0 bridgehead atoms. The zero-order chi connectivity index (χ0) is 22.5. The van der Waals surface area contributed by atoms with Crippen LogP contribution in [0.4, 0.5) is 17.5 Å². The van der Waals surface area contributed by atoms with Crippen molar-refractivity contribution in [3.05, 3.63) is 71.7 Å². The van der Waals surface area contributed by atoms with Crippen molar-refractivity contribution in [3.8, 4) is 0 Å². The minimum absolute atomic E-state index is 0.0136. The molecule has 2 amide bonds. The molecule has 1 saturated heterocycles. The highest BCUT2D eigenvalue weighted by molar-refractivity contribution is 5.95. The first-order valence-electron chi connectivity index (χ1n) is 10.7. The van der Waals surface area contributed by atoms with Gasteiger partial charge < -0.3 is 15.5 Å². The molecule has 1 fully saturated rings. The molecule has 3 heterocycles. The Morgan fingerprint density at radius 1 is 1.06 bits per heavy atom. The van der Waals surface area contributed by atoms with Gasteiger partial charge in [0.05, 0.1) is 5.69 Å². The third kappa shape index (κ3) is 5.26. The Labute approximate surface area is 187 Å². The summed E-state index contributed by atoms with van der Waals surface area (Å²) in [6.07, 6.45) is 5.40. The quantitative estimate of drug-likeness (QED) is 0.637. The molecule has 1 atom stereocenters. The van der Waals surface area contributed by atoms with Crippen molar-refractivity contribution in [3.63, 3.8) is 0 Å². The van der Waals surface area contributed by atoms with E-state index in [1.807, 2.05) is 30.0 Å². The first-order chi connectivity index (χ1) is 15.5. The average Bonchev–Trinajstić information content (AvgIpc) is 2.80. The van der Waals surface area contributed by atoms with Gasteiger partial charge in [0.15, 0.2) is 0 Å². The number of likely N-dealkylation sites (tertiary alicyclic amines) is 1. The number of benzene rings is 1. The van der Waals surface area contributed by atoms with Crippen molar-refractivity contribution < 1.29 is 9.59 Å². The number of hydrogen-bond acceptors (Lipinski definition) is 6. The van der Waals surface area contributed by atoms with Crippen LogP contribution >= 0.6 is 0 Å². The van der Waals surface area contributed by atoms with Crippen molar-refractivity contribution in [1.82, 2.24) is 19.9 Å². The minimum Gasteiger partial charge on any atom is -0.338 e. The molecule has 2 aromatic heterocycles. The molecular weight excluding hydrogens is 404 g/mol. The van der Waals surface area contributed by atoms with E-state index >= 15 is 0 Å². The van der Waals surface area contributed by atoms with Gasteiger partial charge in [0.1, 0.15) is 5.82 Å². The lowest BCUT2D eigenvalue weighted by atomic mass is 9.94. The Morgan fingerprint density at radius 2 is 1.88 bits per heavy atom. The Morgan fingerprint density at radius 3 is 2.59 bits per heavy atom. The molecule has 0 aliphatic carbocycles. The number of anilines is 3. The first-order valence-corrected chi connectivity index (χ1v) is 10.7. The van der Waals surface area contributed by atoms with Crippen molar-refractivity contribution in [2.75, 3.05) is 23.7 Å². The number of aromatic nitrogens is 3. The zero-order valence-electron chi connectivity index (χ0n) is 18.2. The summed E-state index contributed by atoms with van der Waals surface area (Å²) in [5.41, 5.74) is 3.28. The highest BCUT2D eigenvalue weighted by Gasteiger charge is 2.26. The van der Waals surface area contributed by atoms with E-state index < -0.39 is 0 Å². The monoisotopic (exact) mass is 430 g/mol. The van der Waals surface area contributed by atoms with Crippen LogP contribution in [0, 0.1) is 6.92 Å². The van der Waals surface area contributed by atoms with E-state index in [2.05, 4.69) is 25.6 Å². The van der Waals surface area contributed by atoms with Crippen LogP contribution < -0.4 is 10.6 Å². The van der Waals surface area contributed by atoms with Gasteiger partial charge in [-0.25, -0.2) is 15.0 Å². The predicted molar refractivity (Wildman–Crippen MR) is 123 cm³/mol. The van der Waals surface area contributed by atoms with Gasteiger partial charge in [-0.2, -0.15) is 0 Å². The van der Waals surface area contributed by atoms with Crippen LogP contribution in [0.1, 0.15) is 47.3 Å². The van der Waals surface area contributed by atoms with Crippen LogP contribution in [0.2, 0.25) is 0 Å². The summed E-state index contributed by atoms with van der Waals surface area (Å²) >= 11 is 0. The van der Waals surface area contributed by atoms with E-state index in [1.54, 1.807) is 36.7 Å². The number of carbonyl (C=O) groups is 2. The summed E-state index contributed by atoms with van der Waals surface area (Å²) in [5.74, 6) is 1.17. The maximum absolute atomic E-state index is 13.0. The molecule has 4 rings (SSSR count). The smallest absolute Gasteiger partial charge is 0.253 e. The number of hydrogen-bond donors (Lipinski definition) is 2. The number of piperidine rings is 1. The maximum atomic E-state index is 13.0. The second-order valence-electron chi connectivity index (χ2n) is 8.00. The summed E-state index contributed by atoms with van der Waals surface area (Å²) in [5, 5.41) is 5.86. The number of pyridine rings is 1. The van der Waals surface area contributed by atoms with E-state index in [4.69, 9.17) is 0 Å².